The molecule has 0 saturated heterocycles. The number of carbonyl (C=O) groups is 1. The van der Waals surface area contributed by atoms with Gasteiger partial charge in [0.15, 0.2) is 0 Å². The van der Waals surface area contributed by atoms with Crippen LogP contribution in [0.1, 0.15) is 18.4 Å². The normalized spacial score (nSPS) is 25.0. The van der Waals surface area contributed by atoms with Gasteiger partial charge in [-0.05, 0) is 43.0 Å². The van der Waals surface area contributed by atoms with E-state index in [4.69, 9.17) is 11.6 Å². The molecule has 1 aliphatic carbocycles. The Kier molecular flexibility index (Phi) is 3.51. The van der Waals surface area contributed by atoms with E-state index in [9.17, 15) is 18.0 Å². The van der Waals surface area contributed by atoms with Crippen molar-refractivity contribution in [1.29, 1.82) is 0 Å². The van der Waals surface area contributed by atoms with Crippen molar-refractivity contribution in [1.82, 2.24) is 0 Å². The molecular formula is C15H12ClF3N2O. The smallest absolute Gasteiger partial charge is 0.321 e. The van der Waals surface area contributed by atoms with Crippen molar-refractivity contribution < 1.29 is 18.0 Å². The van der Waals surface area contributed by atoms with E-state index in [2.05, 4.69) is 10.3 Å². The zero-order chi connectivity index (χ0) is 16.0. The van der Waals surface area contributed by atoms with E-state index in [0.29, 0.717) is 6.21 Å². The van der Waals surface area contributed by atoms with Crippen LogP contribution in [0.3, 0.4) is 0 Å². The molecular weight excluding hydrogens is 317 g/mol. The average Bonchev–Trinajstić information content (AvgIpc) is 3.24. The summed E-state index contributed by atoms with van der Waals surface area (Å²) in [6, 6.07) is 3.98. The fourth-order valence-corrected chi connectivity index (χ4v) is 2.53. The van der Waals surface area contributed by atoms with E-state index in [-0.39, 0.29) is 22.2 Å². The SMILES string of the molecule is O=C1C=NC(/C=C/C2CC2)(C(F)(F)F)c2cc(Cl)ccc2N1. The summed E-state index contributed by atoms with van der Waals surface area (Å²) in [5.74, 6) is -0.557. The van der Waals surface area contributed by atoms with Gasteiger partial charge in [-0.2, -0.15) is 13.2 Å². The Balaban J connectivity index is 2.24. The number of rotatable bonds is 2. The zero-order valence-electron chi connectivity index (χ0n) is 11.3. The molecule has 1 heterocycles. The maximum Gasteiger partial charge on any atom is 0.421 e. The molecule has 0 radical (unpaired) electrons. The van der Waals surface area contributed by atoms with Crippen LogP contribution >= 0.6 is 11.6 Å². The quantitative estimate of drug-likeness (QED) is 0.816. The van der Waals surface area contributed by atoms with Crippen LogP contribution in [0.15, 0.2) is 35.3 Å². The second kappa shape index (κ2) is 5.12. The lowest BCUT2D eigenvalue weighted by Crippen LogP contribution is -2.39. The minimum Gasteiger partial charge on any atom is -0.321 e. The molecule has 22 heavy (non-hydrogen) atoms. The molecule has 0 bridgehead atoms. The lowest BCUT2D eigenvalue weighted by atomic mass is 9.87. The molecule has 116 valence electrons. The average molecular weight is 329 g/mol. The number of benzene rings is 1. The Hall–Kier alpha value is -1.82. The number of hydrogen-bond donors (Lipinski definition) is 1. The van der Waals surface area contributed by atoms with Crippen molar-refractivity contribution in [2.45, 2.75) is 24.6 Å². The maximum absolute atomic E-state index is 13.8. The van der Waals surface area contributed by atoms with E-state index in [1.54, 1.807) is 0 Å². The lowest BCUT2D eigenvalue weighted by molar-refractivity contribution is -0.173. The lowest BCUT2D eigenvalue weighted by Gasteiger charge is -2.30. The monoisotopic (exact) mass is 328 g/mol. The van der Waals surface area contributed by atoms with Gasteiger partial charge in [-0.3, -0.25) is 9.79 Å². The van der Waals surface area contributed by atoms with Crippen molar-refractivity contribution in [3.63, 3.8) is 0 Å². The standard InChI is InChI=1S/C15H12ClF3N2O/c16-10-3-4-12-11(7-10)14(15(17,18)19,6-5-9-1-2-9)20-8-13(22)21-12/h3-9H,1-2H2,(H,21,22)/b6-5+. The molecule has 0 spiro atoms. The highest BCUT2D eigenvalue weighted by atomic mass is 35.5. The first-order valence-electron chi connectivity index (χ1n) is 6.74. The third-order valence-electron chi connectivity index (χ3n) is 3.70. The number of hydrogen-bond acceptors (Lipinski definition) is 2. The molecule has 1 aliphatic heterocycles. The molecule has 1 aromatic rings. The number of nitrogens with one attached hydrogen (secondary N) is 1. The van der Waals surface area contributed by atoms with E-state index in [0.717, 1.165) is 18.9 Å². The molecule has 0 aromatic heterocycles. The van der Waals surface area contributed by atoms with Gasteiger partial charge < -0.3 is 5.32 Å². The first kappa shape index (κ1) is 15.1. The molecule has 2 aliphatic rings. The van der Waals surface area contributed by atoms with Crippen LogP contribution in [0.2, 0.25) is 5.02 Å². The Labute approximate surface area is 129 Å². The van der Waals surface area contributed by atoms with Crippen molar-refractivity contribution in [3.05, 3.63) is 40.9 Å². The summed E-state index contributed by atoms with van der Waals surface area (Å²) in [5.41, 5.74) is -2.72. The fourth-order valence-electron chi connectivity index (χ4n) is 2.35. The highest BCUT2D eigenvalue weighted by Crippen LogP contribution is 2.48. The summed E-state index contributed by atoms with van der Waals surface area (Å²) in [5, 5.41) is 2.55. The third-order valence-corrected chi connectivity index (χ3v) is 3.93. The number of carbonyl (C=O) groups excluding carboxylic acids is 1. The molecule has 1 aromatic carbocycles. The first-order valence-corrected chi connectivity index (χ1v) is 7.12. The molecule has 1 amide bonds. The molecule has 3 nitrogen and oxygen atoms in total. The van der Waals surface area contributed by atoms with E-state index >= 15 is 0 Å². The molecule has 1 saturated carbocycles. The summed E-state index contributed by atoms with van der Waals surface area (Å²) in [4.78, 5) is 15.2. The van der Waals surface area contributed by atoms with Gasteiger partial charge in [0, 0.05) is 16.3 Å². The highest BCUT2D eigenvalue weighted by molar-refractivity contribution is 6.33. The number of aliphatic imine (C=N–C) groups is 1. The topological polar surface area (TPSA) is 41.5 Å². The maximum atomic E-state index is 13.8. The molecule has 1 atom stereocenters. The van der Waals surface area contributed by atoms with Gasteiger partial charge in [-0.15, -0.1) is 0 Å². The van der Waals surface area contributed by atoms with Crippen molar-refractivity contribution in [2.24, 2.45) is 10.9 Å². The number of amides is 1. The van der Waals surface area contributed by atoms with Gasteiger partial charge in [0.25, 0.3) is 5.91 Å². The molecule has 3 rings (SSSR count). The van der Waals surface area contributed by atoms with Crippen molar-refractivity contribution >= 4 is 29.4 Å². The number of allylic oxidation sites excluding steroid dienone is 1. The number of halogens is 4. The van der Waals surface area contributed by atoms with Gasteiger partial charge in [-0.25, -0.2) is 0 Å². The minimum atomic E-state index is -4.69. The Bertz CT molecular complexity index is 680. The Morgan fingerprint density at radius 2 is 2.09 bits per heavy atom. The number of fused-ring (bicyclic) bond motifs is 1. The predicted octanol–water partition coefficient (Wildman–Crippen LogP) is 4.09. The van der Waals surface area contributed by atoms with Gasteiger partial charge >= 0.3 is 6.18 Å². The van der Waals surface area contributed by atoms with Crippen LogP contribution in [-0.2, 0) is 10.3 Å². The highest BCUT2D eigenvalue weighted by Gasteiger charge is 2.56. The van der Waals surface area contributed by atoms with E-state index in [1.807, 2.05) is 0 Å². The molecule has 1 fully saturated rings. The molecule has 1 N–H and O–H groups in total. The molecule has 1 unspecified atom stereocenters. The van der Waals surface area contributed by atoms with E-state index < -0.39 is 17.6 Å². The second-order valence-electron chi connectivity index (χ2n) is 5.40. The van der Waals surface area contributed by atoms with Crippen LogP contribution in [0, 0.1) is 5.92 Å². The Morgan fingerprint density at radius 3 is 2.73 bits per heavy atom. The molecule has 7 heteroatoms. The van der Waals surface area contributed by atoms with E-state index in [1.165, 1.54) is 24.3 Å². The number of anilines is 1. The van der Waals surface area contributed by atoms with Crippen LogP contribution in [0.5, 0.6) is 0 Å². The number of alkyl halides is 3. The summed E-state index contributed by atoms with van der Waals surface area (Å²) >= 11 is 5.86. The van der Waals surface area contributed by atoms with Gasteiger partial charge in [0.2, 0.25) is 5.54 Å². The predicted molar refractivity (Wildman–Crippen MR) is 78.2 cm³/mol. The summed E-state index contributed by atoms with van der Waals surface area (Å²) < 4.78 is 41.5. The van der Waals surface area contributed by atoms with Crippen LogP contribution in [0.25, 0.3) is 0 Å². The van der Waals surface area contributed by atoms with Crippen LogP contribution in [-0.4, -0.2) is 18.3 Å². The number of nitrogens with zero attached hydrogens (tertiary/aromatic N) is 1. The Morgan fingerprint density at radius 1 is 1.36 bits per heavy atom. The van der Waals surface area contributed by atoms with Gasteiger partial charge in [-0.1, -0.05) is 17.7 Å². The van der Waals surface area contributed by atoms with Crippen LogP contribution < -0.4 is 5.32 Å². The summed E-state index contributed by atoms with van der Waals surface area (Å²) in [6.07, 6.45) is 0.280. The van der Waals surface area contributed by atoms with Gasteiger partial charge in [0.1, 0.15) is 0 Å². The largest absolute Gasteiger partial charge is 0.421 e. The zero-order valence-corrected chi connectivity index (χ0v) is 12.1. The fraction of sp³-hybridized carbons (Fsp3) is 0.333. The van der Waals surface area contributed by atoms with Gasteiger partial charge in [0.05, 0.1) is 6.21 Å². The van der Waals surface area contributed by atoms with Crippen molar-refractivity contribution in [2.75, 3.05) is 5.32 Å². The first-order chi connectivity index (χ1) is 10.3. The summed E-state index contributed by atoms with van der Waals surface area (Å²) in [7, 11) is 0. The van der Waals surface area contributed by atoms with Crippen LogP contribution in [0.4, 0.5) is 18.9 Å². The minimum absolute atomic E-state index is 0.0599. The van der Waals surface area contributed by atoms with Crippen molar-refractivity contribution in [3.8, 4) is 0 Å². The third kappa shape index (κ3) is 2.63. The second-order valence-corrected chi connectivity index (χ2v) is 5.83. The summed E-state index contributed by atoms with van der Waals surface area (Å²) in [6.45, 7) is 0.